The standard InChI is InChI=1S/C11H10O3.C10H8O3/c1-7-8-5-3-4-6-9(8)14-10(7)11(12)13-2;1-6-7-4-2-3-5-8(7)13-9(6)10(11)12/h3-6H,1-2H3;2-5H,1H3,(H,11,12). The van der Waals surface area contributed by atoms with Gasteiger partial charge in [0.05, 0.1) is 7.11 Å². The smallest absolute Gasteiger partial charge is 0.374 e. The number of furan rings is 2. The van der Waals surface area contributed by atoms with Gasteiger partial charge in [-0.15, -0.1) is 0 Å². The van der Waals surface area contributed by atoms with Gasteiger partial charge >= 0.3 is 11.9 Å². The van der Waals surface area contributed by atoms with E-state index in [0.29, 0.717) is 16.7 Å². The number of carbonyl (C=O) groups is 2. The summed E-state index contributed by atoms with van der Waals surface area (Å²) in [4.78, 5) is 22.0. The third-order valence-electron chi connectivity index (χ3n) is 4.25. The van der Waals surface area contributed by atoms with E-state index in [9.17, 15) is 9.59 Å². The number of benzene rings is 2. The van der Waals surface area contributed by atoms with E-state index in [4.69, 9.17) is 13.9 Å². The van der Waals surface area contributed by atoms with Crippen LogP contribution in [0.2, 0.25) is 0 Å². The summed E-state index contributed by atoms with van der Waals surface area (Å²) >= 11 is 0. The Hall–Kier alpha value is -3.54. The number of esters is 1. The molecule has 0 radical (unpaired) electrons. The van der Waals surface area contributed by atoms with E-state index in [0.717, 1.165) is 16.3 Å². The van der Waals surface area contributed by atoms with Crippen LogP contribution in [0, 0.1) is 13.8 Å². The van der Waals surface area contributed by atoms with Gasteiger partial charge < -0.3 is 18.7 Å². The van der Waals surface area contributed by atoms with Gasteiger partial charge in [-0.3, -0.25) is 0 Å². The van der Waals surface area contributed by atoms with Gasteiger partial charge in [0.15, 0.2) is 0 Å². The van der Waals surface area contributed by atoms with Gasteiger partial charge in [0.25, 0.3) is 0 Å². The Morgan fingerprint density at radius 3 is 1.70 bits per heavy atom. The first-order chi connectivity index (χ1) is 12.9. The maximum atomic E-state index is 11.3. The Bertz CT molecular complexity index is 1130. The van der Waals surface area contributed by atoms with E-state index in [-0.39, 0.29) is 11.5 Å². The van der Waals surface area contributed by atoms with Crippen molar-refractivity contribution < 1.29 is 28.3 Å². The van der Waals surface area contributed by atoms with Crippen molar-refractivity contribution in [3.63, 3.8) is 0 Å². The molecule has 4 rings (SSSR count). The van der Waals surface area contributed by atoms with E-state index in [1.807, 2.05) is 49.4 Å². The lowest BCUT2D eigenvalue weighted by molar-refractivity contribution is 0.0565. The summed E-state index contributed by atoms with van der Waals surface area (Å²) in [7, 11) is 1.34. The maximum absolute atomic E-state index is 11.3. The molecule has 0 aliphatic rings. The predicted molar refractivity (Wildman–Crippen MR) is 100 cm³/mol. The maximum Gasteiger partial charge on any atom is 0.374 e. The molecule has 0 fully saturated rings. The zero-order chi connectivity index (χ0) is 19.6. The Kier molecular flexibility index (Phi) is 4.98. The Labute approximate surface area is 155 Å². The number of rotatable bonds is 2. The molecule has 0 unspecified atom stereocenters. The summed E-state index contributed by atoms with van der Waals surface area (Å²) in [5.74, 6) is -1.14. The molecule has 0 aliphatic heterocycles. The molecule has 6 nitrogen and oxygen atoms in total. The molecule has 1 N–H and O–H groups in total. The number of carboxylic acids is 1. The van der Waals surface area contributed by atoms with Crippen LogP contribution in [0.3, 0.4) is 0 Å². The molecule has 0 aliphatic carbocycles. The fraction of sp³-hybridized carbons (Fsp3) is 0.143. The minimum absolute atomic E-state index is 0.0289. The summed E-state index contributed by atoms with van der Waals surface area (Å²) in [5, 5.41) is 10.6. The predicted octanol–water partition coefficient (Wildman–Crippen LogP) is 4.97. The molecule has 0 amide bonds. The highest BCUT2D eigenvalue weighted by atomic mass is 16.5. The second-order valence-electron chi connectivity index (χ2n) is 5.90. The molecule has 6 heteroatoms. The summed E-state index contributed by atoms with van der Waals surface area (Å²) in [6, 6.07) is 14.8. The van der Waals surface area contributed by atoms with Crippen LogP contribution in [0.5, 0.6) is 0 Å². The van der Waals surface area contributed by atoms with Crippen molar-refractivity contribution in [1.29, 1.82) is 0 Å². The largest absolute Gasteiger partial charge is 0.475 e. The zero-order valence-corrected chi connectivity index (χ0v) is 15.1. The van der Waals surface area contributed by atoms with E-state index in [1.54, 1.807) is 13.0 Å². The molecular formula is C21H18O6. The van der Waals surface area contributed by atoms with Gasteiger partial charge in [0.2, 0.25) is 11.5 Å². The van der Waals surface area contributed by atoms with Gasteiger partial charge in [-0.2, -0.15) is 0 Å². The first-order valence-corrected chi connectivity index (χ1v) is 8.22. The van der Waals surface area contributed by atoms with Gasteiger partial charge in [-0.1, -0.05) is 36.4 Å². The Morgan fingerprint density at radius 2 is 1.26 bits per heavy atom. The van der Waals surface area contributed by atoms with Crippen molar-refractivity contribution >= 4 is 33.9 Å². The molecule has 27 heavy (non-hydrogen) atoms. The lowest BCUT2D eigenvalue weighted by Gasteiger charge is -1.93. The zero-order valence-electron chi connectivity index (χ0n) is 15.1. The second kappa shape index (κ2) is 7.37. The van der Waals surface area contributed by atoms with Crippen molar-refractivity contribution in [3.05, 3.63) is 71.2 Å². The van der Waals surface area contributed by atoms with Crippen LogP contribution in [-0.4, -0.2) is 24.2 Å². The molecule has 0 bridgehead atoms. The number of ether oxygens (including phenoxy) is 1. The molecule has 0 saturated heterocycles. The van der Waals surface area contributed by atoms with Crippen LogP contribution < -0.4 is 0 Å². The van der Waals surface area contributed by atoms with E-state index < -0.39 is 11.9 Å². The number of methoxy groups -OCH3 is 1. The summed E-state index contributed by atoms with van der Waals surface area (Å²) < 4.78 is 15.2. The molecule has 2 aromatic heterocycles. The van der Waals surface area contributed by atoms with Crippen molar-refractivity contribution in [1.82, 2.24) is 0 Å². The molecule has 0 atom stereocenters. The van der Waals surface area contributed by atoms with Crippen LogP contribution in [0.25, 0.3) is 21.9 Å². The molecule has 4 aromatic rings. The van der Waals surface area contributed by atoms with Crippen LogP contribution in [0.1, 0.15) is 32.2 Å². The summed E-state index contributed by atoms with van der Waals surface area (Å²) in [5.41, 5.74) is 2.85. The Morgan fingerprint density at radius 1 is 0.815 bits per heavy atom. The first-order valence-electron chi connectivity index (χ1n) is 8.22. The third-order valence-corrected chi connectivity index (χ3v) is 4.25. The van der Waals surface area contributed by atoms with E-state index in [2.05, 4.69) is 4.74 Å². The third kappa shape index (κ3) is 3.42. The minimum atomic E-state index is -1.02. The topological polar surface area (TPSA) is 89.9 Å². The summed E-state index contributed by atoms with van der Waals surface area (Å²) in [6.45, 7) is 3.59. The number of carboxylic acid groups (broad SMARTS) is 1. The van der Waals surface area contributed by atoms with E-state index >= 15 is 0 Å². The molecule has 0 spiro atoms. The average Bonchev–Trinajstić information content (AvgIpc) is 3.20. The fourth-order valence-electron chi connectivity index (χ4n) is 2.84. The van der Waals surface area contributed by atoms with Crippen LogP contribution in [-0.2, 0) is 4.74 Å². The van der Waals surface area contributed by atoms with Crippen molar-refractivity contribution in [2.75, 3.05) is 7.11 Å². The highest BCUT2D eigenvalue weighted by molar-refractivity contribution is 5.96. The van der Waals surface area contributed by atoms with Crippen LogP contribution >= 0.6 is 0 Å². The SMILES string of the molecule is COC(=O)c1oc2ccccc2c1C.Cc1c(C(=O)O)oc2ccccc12. The van der Waals surface area contributed by atoms with Crippen LogP contribution in [0.15, 0.2) is 57.4 Å². The second-order valence-corrected chi connectivity index (χ2v) is 5.90. The first kappa shape index (κ1) is 18.3. The van der Waals surface area contributed by atoms with Gasteiger partial charge in [-0.25, -0.2) is 9.59 Å². The highest BCUT2D eigenvalue weighted by Crippen LogP contribution is 2.25. The molecular weight excluding hydrogens is 348 g/mol. The lowest BCUT2D eigenvalue weighted by Crippen LogP contribution is -2.00. The number of carbonyl (C=O) groups excluding carboxylic acids is 1. The normalized spacial score (nSPS) is 10.5. The monoisotopic (exact) mass is 366 g/mol. The fourth-order valence-corrected chi connectivity index (χ4v) is 2.84. The van der Waals surface area contributed by atoms with Crippen molar-refractivity contribution in [2.45, 2.75) is 13.8 Å². The Balaban J connectivity index is 0.000000156. The van der Waals surface area contributed by atoms with Gasteiger partial charge in [0.1, 0.15) is 11.2 Å². The number of aromatic carboxylic acids is 1. The van der Waals surface area contributed by atoms with Crippen LogP contribution in [0.4, 0.5) is 0 Å². The quantitative estimate of drug-likeness (QED) is 0.504. The number of fused-ring (bicyclic) bond motifs is 2. The molecule has 2 heterocycles. The van der Waals surface area contributed by atoms with Gasteiger partial charge in [0, 0.05) is 21.9 Å². The summed E-state index contributed by atoms with van der Waals surface area (Å²) in [6.07, 6.45) is 0. The van der Waals surface area contributed by atoms with E-state index in [1.165, 1.54) is 7.11 Å². The minimum Gasteiger partial charge on any atom is -0.475 e. The van der Waals surface area contributed by atoms with Gasteiger partial charge in [-0.05, 0) is 26.0 Å². The number of para-hydroxylation sites is 2. The molecule has 138 valence electrons. The molecule has 2 aromatic carbocycles. The lowest BCUT2D eigenvalue weighted by atomic mass is 10.1. The van der Waals surface area contributed by atoms with Crippen molar-refractivity contribution in [3.8, 4) is 0 Å². The number of aryl methyl sites for hydroxylation is 2. The number of hydrogen-bond acceptors (Lipinski definition) is 5. The van der Waals surface area contributed by atoms with Crippen molar-refractivity contribution in [2.24, 2.45) is 0 Å². The number of hydrogen-bond donors (Lipinski definition) is 1. The average molecular weight is 366 g/mol. The molecule has 0 saturated carbocycles. The highest BCUT2D eigenvalue weighted by Gasteiger charge is 2.17.